The van der Waals surface area contributed by atoms with E-state index in [0.717, 1.165) is 0 Å². The van der Waals surface area contributed by atoms with Gasteiger partial charge in [0.1, 0.15) is 0 Å². The number of unbranched alkanes of at least 4 members (excludes halogenated alkanes) is 5. The van der Waals surface area contributed by atoms with Crippen LogP contribution in [0.4, 0.5) is 0 Å². The van der Waals surface area contributed by atoms with Gasteiger partial charge in [-0.1, -0.05) is 39.5 Å². The predicted octanol–water partition coefficient (Wildman–Crippen LogP) is 4.10. The Bertz CT molecular complexity index is 141. The molecule has 0 spiro atoms. The van der Waals surface area contributed by atoms with Gasteiger partial charge in [-0.05, 0) is 52.6 Å². The summed E-state index contributed by atoms with van der Waals surface area (Å²) in [7, 11) is 0. The fourth-order valence-corrected chi connectivity index (χ4v) is 1.94. The lowest BCUT2D eigenvalue weighted by Gasteiger charge is -2.11. The molecule has 2 atom stereocenters. The number of nitrogens with one attached hydrogen (secondary N) is 2. The Labute approximate surface area is 115 Å². The van der Waals surface area contributed by atoms with Crippen molar-refractivity contribution in [3.63, 3.8) is 0 Å². The molecule has 0 aliphatic heterocycles. The third-order valence-corrected chi connectivity index (χ3v) is 3.81. The molecule has 0 radical (unpaired) electrons. The van der Waals surface area contributed by atoms with E-state index in [0.29, 0.717) is 12.1 Å². The van der Waals surface area contributed by atoms with Gasteiger partial charge in [-0.15, -0.1) is 0 Å². The number of hydrogen-bond donors (Lipinski definition) is 2. The molecule has 0 aromatic heterocycles. The van der Waals surface area contributed by atoms with Gasteiger partial charge in [0.05, 0.1) is 0 Å². The van der Waals surface area contributed by atoms with Crippen molar-refractivity contribution in [3.05, 3.63) is 0 Å². The van der Waals surface area contributed by atoms with Gasteiger partial charge in [0.25, 0.3) is 0 Å². The van der Waals surface area contributed by atoms with Crippen LogP contribution >= 0.6 is 0 Å². The van der Waals surface area contributed by atoms with Crippen molar-refractivity contribution in [2.75, 3.05) is 13.1 Å². The van der Waals surface area contributed by atoms with Crippen molar-refractivity contribution in [2.45, 2.75) is 91.1 Å². The summed E-state index contributed by atoms with van der Waals surface area (Å²) in [6.45, 7) is 11.4. The summed E-state index contributed by atoms with van der Waals surface area (Å²) >= 11 is 0. The van der Waals surface area contributed by atoms with Gasteiger partial charge in [-0.25, -0.2) is 0 Å². The maximum Gasteiger partial charge on any atom is 0.00360 e. The van der Waals surface area contributed by atoms with Crippen LogP contribution in [0.25, 0.3) is 0 Å². The van der Waals surface area contributed by atoms with Crippen molar-refractivity contribution in [2.24, 2.45) is 0 Å². The van der Waals surface area contributed by atoms with Crippen LogP contribution in [0.2, 0.25) is 0 Å². The second kappa shape index (κ2) is 13.4. The molecule has 0 rings (SSSR count). The van der Waals surface area contributed by atoms with E-state index in [1.807, 2.05) is 0 Å². The lowest BCUT2D eigenvalue weighted by Crippen LogP contribution is -2.26. The molecule has 0 aliphatic rings. The molecule has 2 nitrogen and oxygen atoms in total. The first-order valence-corrected chi connectivity index (χ1v) is 8.17. The van der Waals surface area contributed by atoms with Gasteiger partial charge in [0.2, 0.25) is 0 Å². The van der Waals surface area contributed by atoms with Crippen LogP contribution in [0.1, 0.15) is 79.1 Å². The van der Waals surface area contributed by atoms with E-state index in [-0.39, 0.29) is 0 Å². The summed E-state index contributed by atoms with van der Waals surface area (Å²) in [5, 5.41) is 7.10. The van der Waals surface area contributed by atoms with Crippen LogP contribution in [0.5, 0.6) is 0 Å². The molecule has 0 fully saturated rings. The average Bonchev–Trinajstić information content (AvgIpc) is 2.40. The standard InChI is InChI=1S/C16H36N2/c1-5-15(3)17-13-11-9-7-8-10-12-14-18-16(4)6-2/h15-18H,5-14H2,1-4H3. The minimum atomic E-state index is 0.691. The molecule has 0 aromatic rings. The summed E-state index contributed by atoms with van der Waals surface area (Å²) in [6.07, 6.45) is 10.8. The van der Waals surface area contributed by atoms with Gasteiger partial charge in [-0.3, -0.25) is 0 Å². The van der Waals surface area contributed by atoms with Crippen LogP contribution in [0, 0.1) is 0 Å². The van der Waals surface area contributed by atoms with E-state index in [4.69, 9.17) is 0 Å². The molecule has 0 aliphatic carbocycles. The zero-order valence-electron chi connectivity index (χ0n) is 13.2. The van der Waals surface area contributed by atoms with Gasteiger partial charge < -0.3 is 10.6 Å². The van der Waals surface area contributed by atoms with E-state index in [9.17, 15) is 0 Å². The highest BCUT2D eigenvalue weighted by Crippen LogP contribution is 2.05. The molecule has 18 heavy (non-hydrogen) atoms. The third kappa shape index (κ3) is 12.4. The van der Waals surface area contributed by atoms with E-state index in [1.54, 1.807) is 0 Å². The summed E-state index contributed by atoms with van der Waals surface area (Å²) in [5.41, 5.74) is 0. The molecule has 0 bridgehead atoms. The molecular formula is C16H36N2. The highest BCUT2D eigenvalue weighted by molar-refractivity contribution is 4.59. The fourth-order valence-electron chi connectivity index (χ4n) is 1.94. The van der Waals surface area contributed by atoms with Gasteiger partial charge in [-0.2, -0.15) is 0 Å². The largest absolute Gasteiger partial charge is 0.314 e. The maximum atomic E-state index is 3.55. The monoisotopic (exact) mass is 256 g/mol. The molecule has 0 amide bonds. The zero-order chi connectivity index (χ0) is 13.6. The Morgan fingerprint density at radius 3 is 1.28 bits per heavy atom. The summed E-state index contributed by atoms with van der Waals surface area (Å²) in [5.74, 6) is 0. The smallest absolute Gasteiger partial charge is 0.00360 e. The SMILES string of the molecule is CCC(C)NCCCCCCCCNC(C)CC. The molecule has 0 saturated heterocycles. The van der Waals surface area contributed by atoms with Gasteiger partial charge in [0, 0.05) is 12.1 Å². The van der Waals surface area contributed by atoms with Crippen molar-refractivity contribution in [3.8, 4) is 0 Å². The quantitative estimate of drug-likeness (QED) is 0.485. The predicted molar refractivity (Wildman–Crippen MR) is 83.2 cm³/mol. The average molecular weight is 256 g/mol. The van der Waals surface area contributed by atoms with Gasteiger partial charge >= 0.3 is 0 Å². The Balaban J connectivity index is 3.03. The molecule has 2 N–H and O–H groups in total. The van der Waals surface area contributed by atoms with E-state index in [2.05, 4.69) is 38.3 Å². The van der Waals surface area contributed by atoms with Crippen molar-refractivity contribution < 1.29 is 0 Å². The number of hydrogen-bond acceptors (Lipinski definition) is 2. The van der Waals surface area contributed by atoms with Crippen LogP contribution in [0.3, 0.4) is 0 Å². The molecule has 0 saturated carbocycles. The molecule has 0 aromatic carbocycles. The minimum absolute atomic E-state index is 0.691. The lowest BCUT2D eigenvalue weighted by atomic mass is 10.1. The topological polar surface area (TPSA) is 24.1 Å². The van der Waals surface area contributed by atoms with E-state index in [1.165, 1.54) is 64.5 Å². The normalized spacial score (nSPS) is 14.7. The third-order valence-electron chi connectivity index (χ3n) is 3.81. The van der Waals surface area contributed by atoms with Crippen molar-refractivity contribution >= 4 is 0 Å². The van der Waals surface area contributed by atoms with Crippen molar-refractivity contribution in [1.29, 1.82) is 0 Å². The molecule has 0 heterocycles. The van der Waals surface area contributed by atoms with Gasteiger partial charge in [0.15, 0.2) is 0 Å². The van der Waals surface area contributed by atoms with E-state index >= 15 is 0 Å². The molecule has 110 valence electrons. The Hall–Kier alpha value is -0.0800. The Morgan fingerprint density at radius 1 is 0.611 bits per heavy atom. The first-order chi connectivity index (χ1) is 8.70. The Kier molecular flexibility index (Phi) is 13.3. The number of rotatable bonds is 13. The molecular weight excluding hydrogens is 220 g/mol. The minimum Gasteiger partial charge on any atom is -0.314 e. The first kappa shape index (κ1) is 17.9. The zero-order valence-corrected chi connectivity index (χ0v) is 13.2. The Morgan fingerprint density at radius 2 is 0.944 bits per heavy atom. The fraction of sp³-hybridized carbons (Fsp3) is 1.00. The van der Waals surface area contributed by atoms with Crippen LogP contribution in [-0.2, 0) is 0 Å². The van der Waals surface area contributed by atoms with Crippen molar-refractivity contribution in [1.82, 2.24) is 10.6 Å². The maximum absolute atomic E-state index is 3.55. The second-order valence-corrected chi connectivity index (χ2v) is 5.65. The summed E-state index contributed by atoms with van der Waals surface area (Å²) < 4.78 is 0. The highest BCUT2D eigenvalue weighted by Gasteiger charge is 1.97. The van der Waals surface area contributed by atoms with E-state index < -0.39 is 0 Å². The summed E-state index contributed by atoms with van der Waals surface area (Å²) in [6, 6.07) is 1.38. The van der Waals surface area contributed by atoms with Crippen LogP contribution < -0.4 is 10.6 Å². The second-order valence-electron chi connectivity index (χ2n) is 5.65. The van der Waals surface area contributed by atoms with Crippen LogP contribution in [0.15, 0.2) is 0 Å². The first-order valence-electron chi connectivity index (χ1n) is 8.17. The lowest BCUT2D eigenvalue weighted by molar-refractivity contribution is 0.489. The highest BCUT2D eigenvalue weighted by atomic mass is 14.9. The molecule has 2 heteroatoms. The van der Waals surface area contributed by atoms with Crippen LogP contribution in [-0.4, -0.2) is 25.2 Å². The summed E-state index contributed by atoms with van der Waals surface area (Å²) in [4.78, 5) is 0. The molecule has 2 unspecified atom stereocenters.